The van der Waals surface area contributed by atoms with Crippen LogP contribution in [0.1, 0.15) is 15.9 Å². The van der Waals surface area contributed by atoms with Crippen LogP contribution in [-0.4, -0.2) is 15.7 Å². The molecule has 0 unspecified atom stereocenters. The number of rotatable bonds is 4. The summed E-state index contributed by atoms with van der Waals surface area (Å²) in [5.41, 5.74) is 1.43. The maximum atomic E-state index is 12.4. The van der Waals surface area contributed by atoms with Gasteiger partial charge in [0.05, 0.1) is 6.54 Å². The molecule has 1 N–H and O–H groups in total. The lowest BCUT2D eigenvalue weighted by atomic mass is 10.1. The summed E-state index contributed by atoms with van der Waals surface area (Å²) in [7, 11) is 0. The molecular formula is C20H15N3O3. The molecule has 26 heavy (non-hydrogen) atoms. The van der Waals surface area contributed by atoms with Gasteiger partial charge in [0.25, 0.3) is 5.91 Å². The SMILES string of the molecule is O=C(Nc1ccc(Cn2cccn2)cc1)c1cc2ccccc2oc1=O. The number of carbonyl (C=O) groups is 1. The van der Waals surface area contributed by atoms with Crippen molar-refractivity contribution in [2.24, 2.45) is 0 Å². The van der Waals surface area contributed by atoms with Crippen molar-refractivity contribution in [1.82, 2.24) is 9.78 Å². The van der Waals surface area contributed by atoms with E-state index in [1.807, 2.05) is 35.1 Å². The predicted molar refractivity (Wildman–Crippen MR) is 98.2 cm³/mol. The molecule has 0 saturated carbocycles. The Labute approximate surface area is 148 Å². The minimum absolute atomic E-state index is 0.0238. The minimum atomic E-state index is -0.656. The first kappa shape index (κ1) is 15.8. The maximum absolute atomic E-state index is 12.4. The molecule has 0 spiro atoms. The number of para-hydroxylation sites is 1. The van der Waals surface area contributed by atoms with Crippen molar-refractivity contribution >= 4 is 22.6 Å². The first-order chi connectivity index (χ1) is 12.7. The number of fused-ring (bicyclic) bond motifs is 1. The highest BCUT2D eigenvalue weighted by molar-refractivity contribution is 6.05. The van der Waals surface area contributed by atoms with Crippen LogP contribution < -0.4 is 10.9 Å². The van der Waals surface area contributed by atoms with Gasteiger partial charge in [-0.05, 0) is 35.9 Å². The lowest BCUT2D eigenvalue weighted by Crippen LogP contribution is -2.20. The van der Waals surface area contributed by atoms with Crippen LogP contribution >= 0.6 is 0 Å². The summed E-state index contributed by atoms with van der Waals surface area (Å²) < 4.78 is 7.02. The Morgan fingerprint density at radius 2 is 1.88 bits per heavy atom. The average Bonchev–Trinajstić information content (AvgIpc) is 3.16. The Morgan fingerprint density at radius 1 is 1.08 bits per heavy atom. The maximum Gasteiger partial charge on any atom is 0.349 e. The Bertz CT molecular complexity index is 1110. The zero-order chi connectivity index (χ0) is 17.9. The van der Waals surface area contributed by atoms with Gasteiger partial charge in [0, 0.05) is 23.5 Å². The number of benzene rings is 2. The van der Waals surface area contributed by atoms with Crippen LogP contribution in [0.5, 0.6) is 0 Å². The standard InChI is InChI=1S/C20H15N3O3/c24-19(17-12-15-4-1-2-5-18(15)26-20(17)25)22-16-8-6-14(7-9-16)13-23-11-3-10-21-23/h1-12H,13H2,(H,22,24). The second-order valence-electron chi connectivity index (χ2n) is 5.84. The third-order valence-electron chi connectivity index (χ3n) is 4.00. The number of hydrogen-bond acceptors (Lipinski definition) is 4. The predicted octanol–water partition coefficient (Wildman–Crippen LogP) is 3.29. The van der Waals surface area contributed by atoms with Crippen molar-refractivity contribution in [2.75, 3.05) is 5.32 Å². The van der Waals surface area contributed by atoms with Crippen LogP contribution in [0, 0.1) is 0 Å². The summed E-state index contributed by atoms with van der Waals surface area (Å²) in [4.78, 5) is 24.5. The fourth-order valence-corrected chi connectivity index (χ4v) is 2.69. The largest absolute Gasteiger partial charge is 0.422 e. The number of amides is 1. The van der Waals surface area contributed by atoms with E-state index < -0.39 is 11.5 Å². The Balaban J connectivity index is 1.53. The molecule has 0 aliphatic rings. The molecule has 4 aromatic rings. The van der Waals surface area contributed by atoms with E-state index in [9.17, 15) is 9.59 Å². The van der Waals surface area contributed by atoms with E-state index in [0.717, 1.165) is 5.56 Å². The fourth-order valence-electron chi connectivity index (χ4n) is 2.69. The molecule has 2 aromatic carbocycles. The first-order valence-corrected chi connectivity index (χ1v) is 8.10. The Morgan fingerprint density at radius 3 is 2.65 bits per heavy atom. The quantitative estimate of drug-likeness (QED) is 0.576. The fraction of sp³-hybridized carbons (Fsp3) is 0.0500. The summed E-state index contributed by atoms with van der Waals surface area (Å²) >= 11 is 0. The van der Waals surface area contributed by atoms with Gasteiger partial charge < -0.3 is 9.73 Å². The van der Waals surface area contributed by atoms with Crippen LogP contribution in [0.4, 0.5) is 5.69 Å². The zero-order valence-corrected chi connectivity index (χ0v) is 13.8. The molecule has 2 aromatic heterocycles. The Kier molecular flexibility index (Phi) is 4.07. The van der Waals surface area contributed by atoms with Gasteiger partial charge in [-0.3, -0.25) is 9.48 Å². The molecule has 6 heteroatoms. The molecule has 0 saturated heterocycles. The summed E-state index contributed by atoms with van der Waals surface area (Å²) in [6.45, 7) is 0.648. The highest BCUT2D eigenvalue weighted by Gasteiger charge is 2.13. The lowest BCUT2D eigenvalue weighted by molar-refractivity contribution is 0.102. The zero-order valence-electron chi connectivity index (χ0n) is 13.8. The van der Waals surface area contributed by atoms with Gasteiger partial charge in [-0.2, -0.15) is 5.10 Å². The molecule has 0 aliphatic heterocycles. The van der Waals surface area contributed by atoms with Crippen molar-refractivity contribution in [3.63, 3.8) is 0 Å². The van der Waals surface area contributed by atoms with Gasteiger partial charge in [0.15, 0.2) is 0 Å². The lowest BCUT2D eigenvalue weighted by Gasteiger charge is -2.07. The molecule has 0 bridgehead atoms. The third-order valence-corrected chi connectivity index (χ3v) is 4.00. The number of anilines is 1. The van der Waals surface area contributed by atoms with E-state index in [1.54, 1.807) is 42.6 Å². The second-order valence-corrected chi connectivity index (χ2v) is 5.84. The van der Waals surface area contributed by atoms with Gasteiger partial charge in [-0.15, -0.1) is 0 Å². The van der Waals surface area contributed by atoms with Crippen LogP contribution in [0.3, 0.4) is 0 Å². The monoisotopic (exact) mass is 345 g/mol. The minimum Gasteiger partial charge on any atom is -0.422 e. The highest BCUT2D eigenvalue weighted by atomic mass is 16.4. The summed E-state index contributed by atoms with van der Waals surface area (Å²) in [6.07, 6.45) is 3.61. The number of hydrogen-bond donors (Lipinski definition) is 1. The normalized spacial score (nSPS) is 10.8. The van der Waals surface area contributed by atoms with E-state index in [-0.39, 0.29) is 5.56 Å². The van der Waals surface area contributed by atoms with Gasteiger partial charge >= 0.3 is 5.63 Å². The first-order valence-electron chi connectivity index (χ1n) is 8.10. The number of carbonyl (C=O) groups excluding carboxylic acids is 1. The molecule has 0 radical (unpaired) electrons. The second kappa shape index (κ2) is 6.68. The van der Waals surface area contributed by atoms with Crippen LogP contribution in [0.25, 0.3) is 11.0 Å². The Hall–Kier alpha value is -3.67. The molecule has 0 fully saturated rings. The van der Waals surface area contributed by atoms with Crippen LogP contribution in [0.2, 0.25) is 0 Å². The van der Waals surface area contributed by atoms with E-state index in [0.29, 0.717) is 23.2 Å². The van der Waals surface area contributed by atoms with E-state index in [2.05, 4.69) is 10.4 Å². The summed E-state index contributed by atoms with van der Waals surface area (Å²) in [6, 6.07) is 17.9. The number of nitrogens with one attached hydrogen (secondary N) is 1. The van der Waals surface area contributed by atoms with Gasteiger partial charge in [-0.1, -0.05) is 30.3 Å². The van der Waals surface area contributed by atoms with Crippen LogP contribution in [0.15, 0.2) is 82.3 Å². The van der Waals surface area contributed by atoms with Crippen molar-refractivity contribution < 1.29 is 9.21 Å². The molecule has 0 atom stereocenters. The molecule has 1 amide bonds. The smallest absolute Gasteiger partial charge is 0.349 e. The molecule has 6 nitrogen and oxygen atoms in total. The van der Waals surface area contributed by atoms with E-state index in [4.69, 9.17) is 4.42 Å². The van der Waals surface area contributed by atoms with Gasteiger partial charge in [0.2, 0.25) is 0 Å². The number of nitrogens with zero attached hydrogens (tertiary/aromatic N) is 2. The van der Waals surface area contributed by atoms with Crippen molar-refractivity contribution in [3.05, 3.63) is 94.6 Å². The molecule has 4 rings (SSSR count). The molecule has 0 aliphatic carbocycles. The third kappa shape index (κ3) is 3.25. The highest BCUT2D eigenvalue weighted by Crippen LogP contribution is 2.15. The molecular weight excluding hydrogens is 330 g/mol. The molecule has 128 valence electrons. The van der Waals surface area contributed by atoms with Crippen molar-refractivity contribution in [1.29, 1.82) is 0 Å². The van der Waals surface area contributed by atoms with Crippen molar-refractivity contribution in [3.8, 4) is 0 Å². The summed E-state index contributed by atoms with van der Waals surface area (Å²) in [5.74, 6) is -0.496. The topological polar surface area (TPSA) is 77.1 Å². The average molecular weight is 345 g/mol. The van der Waals surface area contributed by atoms with Crippen molar-refractivity contribution in [2.45, 2.75) is 6.54 Å². The molecule has 2 heterocycles. The van der Waals surface area contributed by atoms with E-state index in [1.165, 1.54) is 0 Å². The van der Waals surface area contributed by atoms with E-state index >= 15 is 0 Å². The van der Waals surface area contributed by atoms with Gasteiger partial charge in [0.1, 0.15) is 11.1 Å². The van der Waals surface area contributed by atoms with Crippen LogP contribution in [-0.2, 0) is 6.54 Å². The van der Waals surface area contributed by atoms with Gasteiger partial charge in [-0.25, -0.2) is 4.79 Å². The number of aromatic nitrogens is 2. The summed E-state index contributed by atoms with van der Waals surface area (Å²) in [5, 5.41) is 7.59.